The highest BCUT2D eigenvalue weighted by Gasteiger charge is 2.27. The number of carboxylic acids is 1. The number of terminal acetylenes is 2. The number of fused-ring (bicyclic) bond motifs is 2. The minimum Gasteiger partial charge on any atom is -0.478 e. The average Bonchev–Trinajstić information content (AvgIpc) is 3.39. The first-order valence-electron chi connectivity index (χ1n) is 24.7. The molecule has 0 aliphatic heterocycles. The van der Waals surface area contributed by atoms with Gasteiger partial charge in [-0.15, -0.1) is 36.4 Å². The summed E-state index contributed by atoms with van der Waals surface area (Å²) in [6.07, 6.45) is 17.3. The lowest BCUT2D eigenvalue weighted by molar-refractivity contribution is 0.0696. The number of benzene rings is 2. The lowest BCUT2D eigenvalue weighted by Crippen LogP contribution is -2.28. The summed E-state index contributed by atoms with van der Waals surface area (Å²) < 4.78 is 57.3. The number of carboxylic acid groups (broad SMARTS) is 1. The zero-order valence-electron chi connectivity index (χ0n) is 44.2. The Kier molecular flexibility index (Phi) is 26.4. The van der Waals surface area contributed by atoms with E-state index >= 15 is 0 Å². The smallest absolute Gasteiger partial charge is 0.343 e. The quantitative estimate of drug-likeness (QED) is 0.0164. The molecule has 0 fully saturated rings. The second-order valence-corrected chi connectivity index (χ2v) is 24.3. The lowest BCUT2D eigenvalue weighted by atomic mass is 9.91. The zero-order chi connectivity index (χ0) is 57.3. The van der Waals surface area contributed by atoms with Crippen molar-refractivity contribution in [2.24, 2.45) is 0 Å². The van der Waals surface area contributed by atoms with Crippen molar-refractivity contribution in [2.75, 3.05) is 78.4 Å². The Morgan fingerprint density at radius 3 is 1.53 bits per heavy atom. The van der Waals surface area contributed by atoms with Crippen LogP contribution in [0.1, 0.15) is 109 Å². The van der Waals surface area contributed by atoms with Gasteiger partial charge >= 0.3 is 21.2 Å². The van der Waals surface area contributed by atoms with Gasteiger partial charge in [0.05, 0.1) is 61.3 Å². The van der Waals surface area contributed by atoms with Crippen molar-refractivity contribution in [3.63, 3.8) is 0 Å². The molecule has 0 saturated carbocycles. The lowest BCUT2D eigenvalue weighted by Gasteiger charge is -2.16. The molecule has 0 bridgehead atoms. The number of aromatic nitrogens is 8. The summed E-state index contributed by atoms with van der Waals surface area (Å²) in [4.78, 5) is 57.0. The first-order chi connectivity index (χ1) is 37.3. The molecule has 4 heterocycles. The van der Waals surface area contributed by atoms with Crippen molar-refractivity contribution >= 4 is 95.5 Å². The standard InChI is InChI=1S/C25H32N7O5PS.C18H16N6O2.C8H19O3PS/c1-4-7-19(14-20-15-29-23-21(30-20)22(26)31-25(27)32-23)17-8-10-18(11-9-17)24(33)28-12-13-39(35)16-38(34,36-5-2)37-6-3;1-2-3-12(10-4-6-11(7-5-10)17(25)26)8-13-9-21-16-14(22-13)15(19)23-18(20)24-16;1-4-7-13-8-12(9,10-5-2)11-6-3/h1,8-11,15,19H,5-7,12-14,16H2,2-3H3,(H,28,33)(H4,26,27,29,31,32);1,4-7,9,12H,3,8H2,(H,25,26)(H4,19,20,21,23,24);4-8H2,1-3H3. The molecule has 418 valence electrons. The van der Waals surface area contributed by atoms with Gasteiger partial charge in [-0.25, -0.2) is 24.7 Å². The molecule has 0 aliphatic carbocycles. The normalized spacial score (nSPS) is 12.4. The molecule has 4 aromatic heterocycles. The van der Waals surface area contributed by atoms with Crippen molar-refractivity contribution in [3.8, 4) is 24.7 Å². The van der Waals surface area contributed by atoms with E-state index in [0.29, 0.717) is 83.7 Å². The van der Waals surface area contributed by atoms with E-state index in [2.05, 4.69) is 64.0 Å². The number of hydrogen-bond donors (Lipinski definition) is 6. The summed E-state index contributed by atoms with van der Waals surface area (Å²) in [5.41, 5.74) is 28.5. The van der Waals surface area contributed by atoms with Crippen LogP contribution in [0.15, 0.2) is 60.9 Å². The highest BCUT2D eigenvalue weighted by atomic mass is 32.2. The van der Waals surface area contributed by atoms with Crippen LogP contribution in [0.5, 0.6) is 0 Å². The first kappa shape index (κ1) is 63.9. The van der Waals surface area contributed by atoms with E-state index in [1.54, 1.807) is 74.4 Å². The molecule has 2 aromatic carbocycles. The molecular weight excluding hydrogens is 1080 g/mol. The summed E-state index contributed by atoms with van der Waals surface area (Å²) in [5, 5.41) is 11.7. The number of rotatable bonds is 27. The van der Waals surface area contributed by atoms with Crippen molar-refractivity contribution in [3.05, 3.63) is 94.6 Å². The number of nitrogen functional groups attached to an aromatic ring is 4. The van der Waals surface area contributed by atoms with Crippen LogP contribution in [0.3, 0.4) is 0 Å². The van der Waals surface area contributed by atoms with E-state index < -0.39 is 32.0 Å². The van der Waals surface area contributed by atoms with Crippen molar-refractivity contribution in [1.82, 2.24) is 45.2 Å². The number of aromatic carboxylic acids is 1. The largest absolute Gasteiger partial charge is 0.478 e. The van der Waals surface area contributed by atoms with Gasteiger partial charge in [0.15, 0.2) is 34.0 Å². The minimum atomic E-state index is -3.41. The van der Waals surface area contributed by atoms with Gasteiger partial charge in [0, 0.05) is 53.3 Å². The highest BCUT2D eigenvalue weighted by molar-refractivity contribution is 8.04. The van der Waals surface area contributed by atoms with E-state index in [-0.39, 0.29) is 77.8 Å². The second-order valence-electron chi connectivity index (χ2n) is 16.6. The number of thioether (sulfide) groups is 1. The van der Waals surface area contributed by atoms with Crippen LogP contribution in [0.25, 0.3) is 22.3 Å². The number of nitrogens with zero attached hydrogens (tertiary/aromatic N) is 8. The molecule has 3 atom stereocenters. The van der Waals surface area contributed by atoms with E-state index in [9.17, 15) is 22.9 Å². The number of hydrogen-bond acceptors (Lipinski definition) is 22. The topological polar surface area (TPSA) is 362 Å². The van der Waals surface area contributed by atoms with Crippen LogP contribution >= 0.6 is 27.0 Å². The van der Waals surface area contributed by atoms with Crippen LogP contribution in [0.4, 0.5) is 23.5 Å². The molecule has 23 nitrogen and oxygen atoms in total. The van der Waals surface area contributed by atoms with E-state index in [1.165, 1.54) is 0 Å². The zero-order valence-corrected chi connectivity index (χ0v) is 47.6. The first-order valence-corrected chi connectivity index (χ1v) is 30.8. The number of amides is 1. The number of carbonyl (C=O) groups is 2. The third-order valence-electron chi connectivity index (χ3n) is 10.7. The molecule has 78 heavy (non-hydrogen) atoms. The Labute approximate surface area is 460 Å². The van der Waals surface area contributed by atoms with Gasteiger partial charge in [0.1, 0.15) is 5.49 Å². The minimum absolute atomic E-state index is 0.0265. The molecule has 27 heteroatoms. The maximum Gasteiger partial charge on any atom is 0.343 e. The molecule has 0 saturated heterocycles. The molecule has 0 radical (unpaired) electrons. The Hall–Kier alpha value is -6.66. The van der Waals surface area contributed by atoms with Crippen molar-refractivity contribution in [1.29, 1.82) is 0 Å². The van der Waals surface area contributed by atoms with Gasteiger partial charge in [-0.2, -0.15) is 19.9 Å². The fourth-order valence-corrected chi connectivity index (χ4v) is 14.2. The van der Waals surface area contributed by atoms with Gasteiger partial charge in [0.25, 0.3) is 5.91 Å². The van der Waals surface area contributed by atoms with Crippen LogP contribution < -0.4 is 28.3 Å². The summed E-state index contributed by atoms with van der Waals surface area (Å²) in [7, 11) is -7.69. The molecule has 3 unspecified atom stereocenters. The fraction of sp³-hybridized carbons (Fsp3) is 0.412. The maximum absolute atomic E-state index is 12.6. The molecule has 6 rings (SSSR count). The summed E-state index contributed by atoms with van der Waals surface area (Å²) in [5.74, 6) is 5.44. The van der Waals surface area contributed by atoms with Gasteiger partial charge in [0.2, 0.25) is 11.9 Å². The Bertz CT molecular complexity index is 3130. The molecule has 6 aromatic rings. The monoisotopic (exact) mass is 1150 g/mol. The number of nitrogens with two attached hydrogens (primary N) is 4. The third kappa shape index (κ3) is 20.3. The predicted molar refractivity (Wildman–Crippen MR) is 307 cm³/mol. The van der Waals surface area contributed by atoms with E-state index in [0.717, 1.165) is 23.3 Å². The van der Waals surface area contributed by atoms with Crippen LogP contribution in [-0.2, 0) is 50.9 Å². The maximum atomic E-state index is 12.6. The molecule has 0 spiro atoms. The number of anilines is 4. The highest BCUT2D eigenvalue weighted by Crippen LogP contribution is 2.51. The van der Waals surface area contributed by atoms with Gasteiger partial charge < -0.3 is 51.5 Å². The van der Waals surface area contributed by atoms with E-state index in [1.807, 2.05) is 26.0 Å². The van der Waals surface area contributed by atoms with Gasteiger partial charge in [-0.3, -0.25) is 18.1 Å². The van der Waals surface area contributed by atoms with E-state index in [4.69, 9.17) is 59.0 Å². The third-order valence-corrected chi connectivity index (χ3v) is 19.1. The van der Waals surface area contributed by atoms with Gasteiger partial charge in [-0.1, -0.05) is 31.2 Å². The molecule has 10 N–H and O–H groups in total. The molecular formula is C51H67N13O10P2S2. The Morgan fingerprint density at radius 2 is 1.12 bits per heavy atom. The molecule has 1 amide bonds. The Balaban J connectivity index is 0.000000287. The van der Waals surface area contributed by atoms with Crippen LogP contribution in [0.2, 0.25) is 0 Å². The SMILES string of the molecule is C#CCC(Cc1cnc2nc(N)nc(N)c2n1)c1ccc(C(=O)NCCS(=O)CP(=O)(OCC)OCC)cc1.C#CCC(Cc1cnc2nc(N)nc(N)c2n1)c1ccc(C(=O)O)cc1.CCCSCP(=O)(OCC)OCC. The average molecular weight is 1150 g/mol. The summed E-state index contributed by atoms with van der Waals surface area (Å²) in [6, 6.07) is 13.7. The number of nitrogens with one attached hydrogen (secondary N) is 1. The second kappa shape index (κ2) is 32.3. The predicted octanol–water partition coefficient (Wildman–Crippen LogP) is 7.62. The van der Waals surface area contributed by atoms with Crippen molar-refractivity contribution in [2.45, 2.75) is 78.6 Å². The Morgan fingerprint density at radius 1 is 0.679 bits per heavy atom. The fourth-order valence-electron chi connectivity index (χ4n) is 7.32. The van der Waals surface area contributed by atoms with Crippen LogP contribution in [-0.4, -0.2) is 117 Å². The summed E-state index contributed by atoms with van der Waals surface area (Å²) >= 11 is 1.63. The molecule has 0 aliphatic rings. The van der Waals surface area contributed by atoms with Crippen LogP contribution in [0, 0.1) is 24.7 Å². The summed E-state index contributed by atoms with van der Waals surface area (Å²) in [6.45, 7) is 10.6. The van der Waals surface area contributed by atoms with Crippen molar-refractivity contribution < 1.29 is 46.1 Å². The van der Waals surface area contributed by atoms with Gasteiger partial charge in [-0.05, 0) is 88.1 Å². The number of carbonyl (C=O) groups excluding carboxylic acids is 1.